The normalized spacial score (nSPS) is 24.8. The minimum Gasteiger partial charge on any atom is -0.337 e. The van der Waals surface area contributed by atoms with Crippen molar-refractivity contribution in [1.29, 1.82) is 0 Å². The summed E-state index contributed by atoms with van der Waals surface area (Å²) < 4.78 is 0. The van der Waals surface area contributed by atoms with E-state index in [1.165, 1.54) is 0 Å². The lowest BCUT2D eigenvalue weighted by Gasteiger charge is -2.40. The SMILES string of the molecule is CC1CCCC(C)N1C(=O)C(=O)N1CCN(c2ncccn2)CC1. The van der Waals surface area contributed by atoms with E-state index < -0.39 is 0 Å². The second-order valence-electron chi connectivity index (χ2n) is 6.67. The summed E-state index contributed by atoms with van der Waals surface area (Å²) in [5, 5.41) is 0. The lowest BCUT2D eigenvalue weighted by atomic mass is 9.97. The predicted octanol–water partition coefficient (Wildman–Crippen LogP) is 0.915. The van der Waals surface area contributed by atoms with Crippen LogP contribution in [0, 0.1) is 0 Å². The zero-order chi connectivity index (χ0) is 17.1. The molecule has 0 aromatic carbocycles. The molecule has 2 atom stereocenters. The molecule has 3 rings (SSSR count). The van der Waals surface area contributed by atoms with Crippen molar-refractivity contribution < 1.29 is 9.59 Å². The lowest BCUT2D eigenvalue weighted by molar-refractivity contribution is -0.155. The van der Waals surface area contributed by atoms with Crippen LogP contribution in [0.3, 0.4) is 0 Å². The van der Waals surface area contributed by atoms with Gasteiger partial charge in [-0.05, 0) is 39.2 Å². The Morgan fingerprint density at radius 2 is 1.54 bits per heavy atom. The summed E-state index contributed by atoms with van der Waals surface area (Å²) in [6.07, 6.45) is 6.49. The zero-order valence-corrected chi connectivity index (χ0v) is 14.4. The molecule has 2 aliphatic rings. The molecule has 2 aliphatic heterocycles. The van der Waals surface area contributed by atoms with E-state index in [4.69, 9.17) is 0 Å². The number of anilines is 1. The summed E-state index contributed by atoms with van der Waals surface area (Å²) >= 11 is 0. The number of rotatable bonds is 1. The summed E-state index contributed by atoms with van der Waals surface area (Å²) in [4.78, 5) is 39.2. The molecule has 0 saturated carbocycles. The first kappa shape index (κ1) is 16.7. The number of likely N-dealkylation sites (tertiary alicyclic amines) is 1. The highest BCUT2D eigenvalue weighted by atomic mass is 16.2. The van der Waals surface area contributed by atoms with E-state index in [2.05, 4.69) is 9.97 Å². The van der Waals surface area contributed by atoms with Gasteiger partial charge in [-0.3, -0.25) is 9.59 Å². The van der Waals surface area contributed by atoms with Crippen molar-refractivity contribution in [2.75, 3.05) is 31.1 Å². The molecule has 0 spiro atoms. The van der Waals surface area contributed by atoms with Crippen molar-refractivity contribution in [3.05, 3.63) is 18.5 Å². The number of hydrogen-bond acceptors (Lipinski definition) is 5. The van der Waals surface area contributed by atoms with Gasteiger partial charge in [0, 0.05) is 50.7 Å². The molecule has 7 heteroatoms. The molecule has 0 radical (unpaired) electrons. The van der Waals surface area contributed by atoms with Crippen LogP contribution in [0.4, 0.5) is 5.95 Å². The van der Waals surface area contributed by atoms with E-state index in [0.717, 1.165) is 19.3 Å². The average Bonchev–Trinajstić information content (AvgIpc) is 2.62. The number of nitrogens with zero attached hydrogens (tertiary/aromatic N) is 5. The summed E-state index contributed by atoms with van der Waals surface area (Å²) in [7, 11) is 0. The van der Waals surface area contributed by atoms with Crippen LogP contribution < -0.4 is 4.90 Å². The molecule has 0 N–H and O–H groups in total. The van der Waals surface area contributed by atoms with E-state index >= 15 is 0 Å². The largest absolute Gasteiger partial charge is 0.337 e. The Morgan fingerprint density at radius 1 is 0.958 bits per heavy atom. The maximum absolute atomic E-state index is 12.7. The van der Waals surface area contributed by atoms with Crippen molar-refractivity contribution in [1.82, 2.24) is 19.8 Å². The Morgan fingerprint density at radius 3 is 2.12 bits per heavy atom. The smallest absolute Gasteiger partial charge is 0.312 e. The number of hydrogen-bond donors (Lipinski definition) is 0. The molecule has 0 bridgehead atoms. The number of carbonyl (C=O) groups is 2. The molecule has 1 aromatic heterocycles. The fraction of sp³-hybridized carbons (Fsp3) is 0.647. The van der Waals surface area contributed by atoms with Crippen molar-refractivity contribution in [2.24, 2.45) is 0 Å². The van der Waals surface area contributed by atoms with Gasteiger partial charge in [0.15, 0.2) is 0 Å². The van der Waals surface area contributed by atoms with Crippen LogP contribution in [0.1, 0.15) is 33.1 Å². The van der Waals surface area contributed by atoms with Gasteiger partial charge in [-0.1, -0.05) is 0 Å². The first-order valence-corrected chi connectivity index (χ1v) is 8.71. The maximum Gasteiger partial charge on any atom is 0.312 e. The van der Waals surface area contributed by atoms with Gasteiger partial charge in [0.2, 0.25) is 5.95 Å². The van der Waals surface area contributed by atoms with Crippen LogP contribution in [0.2, 0.25) is 0 Å². The van der Waals surface area contributed by atoms with Crippen molar-refractivity contribution >= 4 is 17.8 Å². The highest BCUT2D eigenvalue weighted by Gasteiger charge is 2.36. The first-order chi connectivity index (χ1) is 11.6. The van der Waals surface area contributed by atoms with Gasteiger partial charge >= 0.3 is 11.8 Å². The fourth-order valence-corrected chi connectivity index (χ4v) is 3.63. The number of piperazine rings is 1. The minimum absolute atomic E-state index is 0.143. The molecule has 24 heavy (non-hydrogen) atoms. The van der Waals surface area contributed by atoms with Crippen LogP contribution in [0.25, 0.3) is 0 Å². The number of piperidine rings is 1. The third kappa shape index (κ3) is 3.34. The molecule has 2 saturated heterocycles. The van der Waals surface area contributed by atoms with Gasteiger partial charge in [0.1, 0.15) is 0 Å². The van der Waals surface area contributed by atoms with Crippen LogP contribution in [-0.2, 0) is 9.59 Å². The third-order valence-electron chi connectivity index (χ3n) is 5.01. The molecule has 2 amide bonds. The molecular weight excluding hydrogens is 306 g/mol. The van der Waals surface area contributed by atoms with Gasteiger partial charge in [-0.2, -0.15) is 0 Å². The van der Waals surface area contributed by atoms with Crippen LogP contribution in [-0.4, -0.2) is 69.8 Å². The Bertz CT molecular complexity index is 576. The third-order valence-corrected chi connectivity index (χ3v) is 5.01. The predicted molar refractivity (Wildman–Crippen MR) is 90.4 cm³/mol. The summed E-state index contributed by atoms with van der Waals surface area (Å²) in [6, 6.07) is 2.07. The van der Waals surface area contributed by atoms with Crippen molar-refractivity contribution in [3.8, 4) is 0 Å². The quantitative estimate of drug-likeness (QED) is 0.716. The number of aromatic nitrogens is 2. The summed E-state index contributed by atoms with van der Waals surface area (Å²) in [5.41, 5.74) is 0. The van der Waals surface area contributed by atoms with Crippen molar-refractivity contribution in [3.63, 3.8) is 0 Å². The van der Waals surface area contributed by atoms with E-state index in [0.29, 0.717) is 32.1 Å². The minimum atomic E-state index is -0.371. The molecule has 3 heterocycles. The first-order valence-electron chi connectivity index (χ1n) is 8.71. The lowest BCUT2D eigenvalue weighted by Crippen LogP contribution is -2.57. The van der Waals surface area contributed by atoms with Gasteiger partial charge in [-0.15, -0.1) is 0 Å². The molecular formula is C17H25N5O2. The topological polar surface area (TPSA) is 69.6 Å². The second-order valence-corrected chi connectivity index (χ2v) is 6.67. The molecule has 2 fully saturated rings. The molecule has 0 aliphatic carbocycles. The Balaban J connectivity index is 1.59. The van der Waals surface area contributed by atoms with Gasteiger partial charge in [-0.25, -0.2) is 9.97 Å². The highest BCUT2D eigenvalue weighted by molar-refractivity contribution is 6.35. The van der Waals surface area contributed by atoms with Gasteiger partial charge < -0.3 is 14.7 Å². The molecule has 2 unspecified atom stereocenters. The Labute approximate surface area is 142 Å². The van der Waals surface area contributed by atoms with E-state index in [1.54, 1.807) is 28.3 Å². The van der Waals surface area contributed by atoms with Crippen LogP contribution in [0.5, 0.6) is 0 Å². The number of carbonyl (C=O) groups excluding carboxylic acids is 2. The fourth-order valence-electron chi connectivity index (χ4n) is 3.63. The van der Waals surface area contributed by atoms with Crippen LogP contribution >= 0.6 is 0 Å². The Hall–Kier alpha value is -2.18. The molecule has 130 valence electrons. The van der Waals surface area contributed by atoms with Crippen LogP contribution in [0.15, 0.2) is 18.5 Å². The monoisotopic (exact) mass is 331 g/mol. The standard InChI is InChI=1S/C17H25N5O2/c1-13-5-3-6-14(2)22(13)16(24)15(23)20-9-11-21(12-10-20)17-18-7-4-8-19-17/h4,7-8,13-14H,3,5-6,9-12H2,1-2H3. The number of amides is 2. The highest BCUT2D eigenvalue weighted by Crippen LogP contribution is 2.23. The Kier molecular flexibility index (Phi) is 4.97. The maximum atomic E-state index is 12.7. The zero-order valence-electron chi connectivity index (χ0n) is 14.4. The van der Waals surface area contributed by atoms with Crippen molar-refractivity contribution in [2.45, 2.75) is 45.2 Å². The second kappa shape index (κ2) is 7.15. The summed E-state index contributed by atoms with van der Waals surface area (Å²) in [6.45, 7) is 6.41. The average molecular weight is 331 g/mol. The van der Waals surface area contributed by atoms with Gasteiger partial charge in [0.05, 0.1) is 0 Å². The van der Waals surface area contributed by atoms with E-state index in [-0.39, 0.29) is 23.9 Å². The van der Waals surface area contributed by atoms with E-state index in [9.17, 15) is 9.59 Å². The summed E-state index contributed by atoms with van der Waals surface area (Å²) in [5.74, 6) is -0.0439. The van der Waals surface area contributed by atoms with E-state index in [1.807, 2.05) is 18.7 Å². The molecule has 1 aromatic rings. The van der Waals surface area contributed by atoms with Gasteiger partial charge in [0.25, 0.3) is 0 Å². The molecule has 7 nitrogen and oxygen atoms in total.